The van der Waals surface area contributed by atoms with Gasteiger partial charge >= 0.3 is 6.09 Å². The third kappa shape index (κ3) is 6.20. The highest BCUT2D eigenvalue weighted by Gasteiger charge is 2.42. The van der Waals surface area contributed by atoms with Crippen molar-refractivity contribution in [3.63, 3.8) is 0 Å². The highest BCUT2D eigenvalue weighted by Crippen LogP contribution is 2.36. The SMILES string of the molecule is CC(C)(C)OC(=O)N1CC(CCCN=C2CCC=C(SN)N2)CC1(C)C. The van der Waals surface area contributed by atoms with Gasteiger partial charge in [-0.2, -0.15) is 0 Å². The summed E-state index contributed by atoms with van der Waals surface area (Å²) in [5.74, 6) is 1.54. The molecule has 0 spiro atoms. The Morgan fingerprint density at radius 3 is 2.88 bits per heavy atom. The molecule has 0 aromatic heterocycles. The maximum absolute atomic E-state index is 12.5. The molecular formula is C19H34N4O2S. The zero-order chi connectivity index (χ0) is 19.4. The van der Waals surface area contributed by atoms with Crippen LogP contribution >= 0.6 is 11.9 Å². The molecule has 0 bridgehead atoms. The molecule has 1 unspecified atom stereocenters. The van der Waals surface area contributed by atoms with Gasteiger partial charge in [-0.05, 0) is 78.2 Å². The van der Waals surface area contributed by atoms with E-state index in [4.69, 9.17) is 9.88 Å². The van der Waals surface area contributed by atoms with E-state index in [2.05, 4.69) is 30.2 Å². The van der Waals surface area contributed by atoms with E-state index in [0.717, 1.165) is 56.1 Å². The standard InChI is InChI=1S/C19H34N4O2S/c1-18(2,3)25-17(24)23-13-14(12-19(23,4)5)8-7-11-21-15-9-6-10-16(22-15)26-20/h10,14H,6-9,11-13,20H2,1-5H3,(H,21,22). The van der Waals surface area contributed by atoms with Crippen LogP contribution in [-0.2, 0) is 4.74 Å². The summed E-state index contributed by atoms with van der Waals surface area (Å²) in [7, 11) is 0. The highest BCUT2D eigenvalue weighted by atomic mass is 32.2. The minimum Gasteiger partial charge on any atom is -0.444 e. The molecule has 0 saturated carbocycles. The molecule has 0 radical (unpaired) electrons. The summed E-state index contributed by atoms with van der Waals surface area (Å²) in [4.78, 5) is 19.0. The number of amidine groups is 1. The van der Waals surface area contributed by atoms with Crippen molar-refractivity contribution in [2.45, 2.75) is 77.9 Å². The molecule has 1 saturated heterocycles. The van der Waals surface area contributed by atoms with Crippen LogP contribution < -0.4 is 10.5 Å². The molecule has 2 rings (SSSR count). The Hall–Kier alpha value is -1.21. The van der Waals surface area contributed by atoms with Crippen LogP contribution in [0.3, 0.4) is 0 Å². The summed E-state index contributed by atoms with van der Waals surface area (Å²) in [5.41, 5.74) is -0.606. The molecule has 1 atom stereocenters. The van der Waals surface area contributed by atoms with E-state index in [1.807, 2.05) is 25.7 Å². The molecule has 0 aromatic rings. The maximum Gasteiger partial charge on any atom is 0.410 e. The van der Waals surface area contributed by atoms with Crippen molar-refractivity contribution >= 4 is 23.9 Å². The molecule has 1 amide bonds. The number of nitrogens with two attached hydrogens (primary N) is 1. The van der Waals surface area contributed by atoms with Gasteiger partial charge in [-0.1, -0.05) is 6.08 Å². The third-order valence-electron chi connectivity index (χ3n) is 4.75. The van der Waals surface area contributed by atoms with E-state index in [1.54, 1.807) is 0 Å². The lowest BCUT2D eigenvalue weighted by molar-refractivity contribution is 0.0131. The normalized spacial score (nSPS) is 24.4. The van der Waals surface area contributed by atoms with Crippen LogP contribution in [0.25, 0.3) is 0 Å². The molecule has 2 aliphatic heterocycles. The van der Waals surface area contributed by atoms with E-state index < -0.39 is 5.60 Å². The smallest absolute Gasteiger partial charge is 0.410 e. The fraction of sp³-hybridized carbons (Fsp3) is 0.789. The Morgan fingerprint density at radius 2 is 2.23 bits per heavy atom. The number of aliphatic imine (C=N–C) groups is 1. The second-order valence-electron chi connectivity index (χ2n) is 8.79. The Labute approximate surface area is 162 Å². The number of carbonyl (C=O) groups excluding carboxylic acids is 1. The van der Waals surface area contributed by atoms with E-state index in [9.17, 15) is 4.79 Å². The fourth-order valence-electron chi connectivity index (χ4n) is 3.60. The van der Waals surface area contributed by atoms with Crippen molar-refractivity contribution in [2.75, 3.05) is 13.1 Å². The van der Waals surface area contributed by atoms with Gasteiger partial charge in [0, 0.05) is 25.0 Å². The zero-order valence-electron chi connectivity index (χ0n) is 16.8. The molecule has 148 valence electrons. The molecule has 26 heavy (non-hydrogen) atoms. The molecule has 2 heterocycles. The number of carbonyl (C=O) groups is 1. The Bertz CT molecular complexity index is 566. The van der Waals surface area contributed by atoms with E-state index >= 15 is 0 Å². The predicted molar refractivity (Wildman–Crippen MR) is 109 cm³/mol. The molecule has 0 aliphatic carbocycles. The second kappa shape index (κ2) is 8.65. The van der Waals surface area contributed by atoms with Gasteiger partial charge in [0.1, 0.15) is 11.4 Å². The van der Waals surface area contributed by atoms with Crippen LogP contribution in [0.15, 0.2) is 16.1 Å². The van der Waals surface area contributed by atoms with Gasteiger partial charge in [0.05, 0.1) is 5.03 Å². The number of ether oxygens (including phenoxy) is 1. The van der Waals surface area contributed by atoms with Gasteiger partial charge in [0.15, 0.2) is 0 Å². The first-order chi connectivity index (χ1) is 12.1. The molecule has 0 aromatic carbocycles. The number of hydrogen-bond acceptors (Lipinski definition) is 5. The van der Waals surface area contributed by atoms with E-state index in [-0.39, 0.29) is 11.6 Å². The molecule has 3 N–H and O–H groups in total. The number of amides is 1. The van der Waals surface area contributed by atoms with Gasteiger partial charge in [-0.15, -0.1) is 0 Å². The number of nitrogens with zero attached hydrogens (tertiary/aromatic N) is 2. The monoisotopic (exact) mass is 382 g/mol. The number of nitrogens with one attached hydrogen (secondary N) is 1. The lowest BCUT2D eigenvalue weighted by atomic mass is 9.93. The Morgan fingerprint density at radius 1 is 1.50 bits per heavy atom. The average molecular weight is 383 g/mol. The zero-order valence-corrected chi connectivity index (χ0v) is 17.6. The molecule has 2 aliphatic rings. The van der Waals surface area contributed by atoms with Crippen LogP contribution in [-0.4, -0.2) is 41.1 Å². The van der Waals surface area contributed by atoms with Crippen molar-refractivity contribution < 1.29 is 9.53 Å². The maximum atomic E-state index is 12.5. The number of allylic oxidation sites excluding steroid dienone is 1. The summed E-state index contributed by atoms with van der Waals surface area (Å²) in [6.07, 6.45) is 6.97. The Kier molecular flexibility index (Phi) is 7.02. The van der Waals surface area contributed by atoms with Crippen LogP contribution in [0, 0.1) is 5.92 Å². The topological polar surface area (TPSA) is 80.0 Å². The quantitative estimate of drug-likeness (QED) is 0.554. The summed E-state index contributed by atoms with van der Waals surface area (Å²) in [5, 5.41) is 9.85. The van der Waals surface area contributed by atoms with E-state index in [1.165, 1.54) is 11.9 Å². The third-order valence-corrected chi connectivity index (χ3v) is 5.27. The molecular weight excluding hydrogens is 348 g/mol. The summed E-state index contributed by atoms with van der Waals surface area (Å²) in [6.45, 7) is 11.6. The predicted octanol–water partition coefficient (Wildman–Crippen LogP) is 4.03. The van der Waals surface area contributed by atoms with Crippen molar-refractivity contribution in [3.8, 4) is 0 Å². The number of rotatable bonds is 5. The van der Waals surface area contributed by atoms with Crippen LogP contribution in [0.2, 0.25) is 0 Å². The number of hydrogen-bond donors (Lipinski definition) is 2. The van der Waals surface area contributed by atoms with Gasteiger partial charge < -0.3 is 15.0 Å². The van der Waals surface area contributed by atoms with Crippen molar-refractivity contribution in [3.05, 3.63) is 11.1 Å². The summed E-state index contributed by atoms with van der Waals surface area (Å²) < 4.78 is 5.57. The molecule has 7 heteroatoms. The number of likely N-dealkylation sites (tertiary alicyclic amines) is 1. The van der Waals surface area contributed by atoms with Gasteiger partial charge in [0.25, 0.3) is 0 Å². The van der Waals surface area contributed by atoms with Gasteiger partial charge in [-0.25, -0.2) is 4.79 Å². The van der Waals surface area contributed by atoms with Crippen LogP contribution in [0.1, 0.15) is 66.7 Å². The highest BCUT2D eigenvalue weighted by molar-refractivity contribution is 8.00. The van der Waals surface area contributed by atoms with Gasteiger partial charge in [0.2, 0.25) is 0 Å². The molecule has 6 nitrogen and oxygen atoms in total. The Balaban J connectivity index is 1.79. The first kappa shape index (κ1) is 21.1. The average Bonchev–Trinajstić information content (AvgIpc) is 2.85. The van der Waals surface area contributed by atoms with Crippen LogP contribution in [0.4, 0.5) is 4.79 Å². The minimum absolute atomic E-state index is 0.151. The lowest BCUT2D eigenvalue weighted by Crippen LogP contribution is -2.45. The lowest BCUT2D eigenvalue weighted by Gasteiger charge is -2.33. The first-order valence-electron chi connectivity index (χ1n) is 9.48. The van der Waals surface area contributed by atoms with Crippen molar-refractivity contribution in [1.29, 1.82) is 0 Å². The fourth-order valence-corrected chi connectivity index (χ4v) is 4.00. The largest absolute Gasteiger partial charge is 0.444 e. The summed E-state index contributed by atoms with van der Waals surface area (Å²) >= 11 is 1.24. The molecule has 1 fully saturated rings. The van der Waals surface area contributed by atoms with Crippen molar-refractivity contribution in [1.82, 2.24) is 10.2 Å². The van der Waals surface area contributed by atoms with E-state index in [0.29, 0.717) is 5.92 Å². The first-order valence-corrected chi connectivity index (χ1v) is 10.4. The minimum atomic E-state index is -0.455. The van der Waals surface area contributed by atoms with Crippen molar-refractivity contribution in [2.24, 2.45) is 16.0 Å². The van der Waals surface area contributed by atoms with Gasteiger partial charge in [-0.3, -0.25) is 10.1 Å². The summed E-state index contributed by atoms with van der Waals surface area (Å²) in [6, 6.07) is 0. The second-order valence-corrected chi connectivity index (χ2v) is 9.47. The van der Waals surface area contributed by atoms with Crippen LogP contribution in [0.5, 0.6) is 0 Å².